The van der Waals surface area contributed by atoms with E-state index in [1.54, 1.807) is 4.90 Å². The van der Waals surface area contributed by atoms with Crippen LogP contribution in [0.15, 0.2) is 4.99 Å². The molecule has 2 aliphatic carbocycles. The molecular weight excluding hydrogens is 340 g/mol. The Morgan fingerprint density at radius 2 is 1.81 bits per heavy atom. The van der Waals surface area contributed by atoms with Crippen LogP contribution in [-0.2, 0) is 9.53 Å². The Labute approximate surface area is 165 Å². The lowest BCUT2D eigenvalue weighted by atomic mass is 9.85. The number of amides is 1. The van der Waals surface area contributed by atoms with Gasteiger partial charge in [0.15, 0.2) is 5.96 Å². The fourth-order valence-electron chi connectivity index (χ4n) is 4.30. The Hall–Kier alpha value is -1.30. The summed E-state index contributed by atoms with van der Waals surface area (Å²) in [7, 11) is 3.70. The molecular formula is C21H40N4O2. The molecule has 2 fully saturated rings. The zero-order chi connectivity index (χ0) is 19.5. The lowest BCUT2D eigenvalue weighted by Crippen LogP contribution is -2.43. The van der Waals surface area contributed by atoms with E-state index in [1.165, 1.54) is 32.1 Å². The number of nitrogens with zero attached hydrogens (tertiary/aromatic N) is 2. The molecule has 6 heteroatoms. The summed E-state index contributed by atoms with van der Waals surface area (Å²) < 4.78 is 5.99. The van der Waals surface area contributed by atoms with Crippen LogP contribution >= 0.6 is 0 Å². The summed E-state index contributed by atoms with van der Waals surface area (Å²) in [5.41, 5.74) is -0.310. The molecule has 2 N–H and O–H groups in total. The molecule has 0 radical (unpaired) electrons. The highest BCUT2D eigenvalue weighted by atomic mass is 16.5. The standard InChI is InChI=1S/C21H40N4O2/c1-4-22-20(23-15-10-16-27-18-11-6-5-7-12-18)24-17-21(13-8-9-14-21)19(26)25(2)3/h18H,4-17H2,1-3H3,(H2,22,23,24). The number of aliphatic imine (C=N–C) groups is 1. The predicted molar refractivity (Wildman–Crippen MR) is 111 cm³/mol. The first-order valence-corrected chi connectivity index (χ1v) is 10.9. The normalized spacial score (nSPS) is 20.5. The van der Waals surface area contributed by atoms with Gasteiger partial charge in [-0.1, -0.05) is 32.1 Å². The average Bonchev–Trinajstić information content (AvgIpc) is 3.16. The summed E-state index contributed by atoms with van der Waals surface area (Å²) in [6, 6.07) is 0. The first-order chi connectivity index (χ1) is 13.1. The molecule has 0 aliphatic heterocycles. The second-order valence-electron chi connectivity index (χ2n) is 8.29. The molecule has 0 aromatic rings. The molecule has 0 saturated heterocycles. The summed E-state index contributed by atoms with van der Waals surface area (Å²) in [6.45, 7) is 5.10. The maximum atomic E-state index is 12.7. The van der Waals surface area contributed by atoms with Gasteiger partial charge in [-0.2, -0.15) is 0 Å². The van der Waals surface area contributed by atoms with Gasteiger partial charge in [0.25, 0.3) is 0 Å². The molecule has 0 spiro atoms. The van der Waals surface area contributed by atoms with Crippen molar-refractivity contribution in [2.45, 2.75) is 77.2 Å². The van der Waals surface area contributed by atoms with Crippen LogP contribution in [0.4, 0.5) is 0 Å². The first kappa shape index (κ1) is 22.0. The number of guanidine groups is 1. The fourth-order valence-corrected chi connectivity index (χ4v) is 4.30. The van der Waals surface area contributed by atoms with Crippen molar-refractivity contribution in [2.24, 2.45) is 10.4 Å². The number of hydrogen-bond donors (Lipinski definition) is 2. The third-order valence-electron chi connectivity index (χ3n) is 5.82. The van der Waals surface area contributed by atoms with Gasteiger partial charge in [-0.25, -0.2) is 0 Å². The zero-order valence-electron chi connectivity index (χ0n) is 17.7. The summed E-state index contributed by atoms with van der Waals surface area (Å²) in [5, 5.41) is 6.71. The van der Waals surface area contributed by atoms with Crippen LogP contribution in [-0.4, -0.2) is 63.2 Å². The second kappa shape index (κ2) is 11.5. The van der Waals surface area contributed by atoms with E-state index >= 15 is 0 Å². The fraction of sp³-hybridized carbons (Fsp3) is 0.905. The van der Waals surface area contributed by atoms with E-state index in [1.807, 2.05) is 14.1 Å². The van der Waals surface area contributed by atoms with Gasteiger partial charge in [0.05, 0.1) is 18.1 Å². The molecule has 2 aliphatic rings. The Morgan fingerprint density at radius 3 is 2.44 bits per heavy atom. The van der Waals surface area contributed by atoms with E-state index in [0.717, 1.165) is 57.8 Å². The highest BCUT2D eigenvalue weighted by molar-refractivity contribution is 5.84. The Bertz CT molecular complexity index is 467. The lowest BCUT2D eigenvalue weighted by Gasteiger charge is -2.29. The van der Waals surface area contributed by atoms with Gasteiger partial charge >= 0.3 is 0 Å². The van der Waals surface area contributed by atoms with Crippen molar-refractivity contribution in [2.75, 3.05) is 40.3 Å². The van der Waals surface area contributed by atoms with Gasteiger partial charge in [0, 0.05) is 33.8 Å². The third kappa shape index (κ3) is 6.98. The van der Waals surface area contributed by atoms with Crippen LogP contribution < -0.4 is 10.6 Å². The SMILES string of the molecule is CCNC(=NCC1(C(=O)N(C)C)CCCC1)NCCCOC1CCCCC1. The van der Waals surface area contributed by atoms with Crippen molar-refractivity contribution >= 4 is 11.9 Å². The van der Waals surface area contributed by atoms with Gasteiger partial charge in [0.2, 0.25) is 5.91 Å². The van der Waals surface area contributed by atoms with Gasteiger partial charge < -0.3 is 20.3 Å². The Balaban J connectivity index is 1.77. The molecule has 2 saturated carbocycles. The minimum atomic E-state index is -0.310. The molecule has 0 atom stereocenters. The van der Waals surface area contributed by atoms with Crippen LogP contribution in [0.5, 0.6) is 0 Å². The largest absolute Gasteiger partial charge is 0.378 e. The number of rotatable bonds is 9. The summed E-state index contributed by atoms with van der Waals surface area (Å²) in [4.78, 5) is 19.2. The molecule has 0 bridgehead atoms. The van der Waals surface area contributed by atoms with Crippen molar-refractivity contribution in [1.82, 2.24) is 15.5 Å². The van der Waals surface area contributed by atoms with E-state index in [9.17, 15) is 4.79 Å². The molecule has 0 heterocycles. The summed E-state index contributed by atoms with van der Waals surface area (Å²) in [6.07, 6.45) is 12.0. The van der Waals surface area contributed by atoms with Crippen molar-refractivity contribution in [1.29, 1.82) is 0 Å². The number of nitrogens with one attached hydrogen (secondary N) is 2. The van der Waals surface area contributed by atoms with Crippen LogP contribution in [0.3, 0.4) is 0 Å². The van der Waals surface area contributed by atoms with Crippen LogP contribution in [0.2, 0.25) is 0 Å². The smallest absolute Gasteiger partial charge is 0.230 e. The molecule has 1 amide bonds. The number of carbonyl (C=O) groups excluding carboxylic acids is 1. The van der Waals surface area contributed by atoms with Crippen LogP contribution in [0.1, 0.15) is 71.1 Å². The van der Waals surface area contributed by atoms with Gasteiger partial charge in [-0.15, -0.1) is 0 Å². The second-order valence-corrected chi connectivity index (χ2v) is 8.29. The van der Waals surface area contributed by atoms with Crippen molar-refractivity contribution in [3.05, 3.63) is 0 Å². The zero-order valence-corrected chi connectivity index (χ0v) is 17.7. The Kier molecular flexibility index (Phi) is 9.39. The number of hydrogen-bond acceptors (Lipinski definition) is 3. The highest BCUT2D eigenvalue weighted by Crippen LogP contribution is 2.39. The molecule has 0 unspecified atom stereocenters. The molecule has 27 heavy (non-hydrogen) atoms. The molecule has 0 aromatic carbocycles. The summed E-state index contributed by atoms with van der Waals surface area (Å²) in [5.74, 6) is 1.04. The van der Waals surface area contributed by atoms with E-state index in [4.69, 9.17) is 9.73 Å². The lowest BCUT2D eigenvalue weighted by molar-refractivity contribution is -0.138. The van der Waals surface area contributed by atoms with Gasteiger partial charge in [-0.05, 0) is 39.0 Å². The quantitative estimate of drug-likeness (QED) is 0.367. The Morgan fingerprint density at radius 1 is 1.11 bits per heavy atom. The number of carbonyl (C=O) groups is 1. The van der Waals surface area contributed by atoms with E-state index in [-0.39, 0.29) is 11.3 Å². The molecule has 0 aromatic heterocycles. The van der Waals surface area contributed by atoms with Crippen LogP contribution in [0, 0.1) is 5.41 Å². The van der Waals surface area contributed by atoms with Crippen molar-refractivity contribution in [3.63, 3.8) is 0 Å². The van der Waals surface area contributed by atoms with E-state index in [2.05, 4.69) is 17.6 Å². The number of ether oxygens (including phenoxy) is 1. The monoisotopic (exact) mass is 380 g/mol. The molecule has 2 rings (SSSR count). The minimum absolute atomic E-state index is 0.223. The van der Waals surface area contributed by atoms with Crippen molar-refractivity contribution < 1.29 is 9.53 Å². The van der Waals surface area contributed by atoms with Crippen LogP contribution in [0.25, 0.3) is 0 Å². The topological polar surface area (TPSA) is 66.0 Å². The highest BCUT2D eigenvalue weighted by Gasteiger charge is 2.42. The third-order valence-corrected chi connectivity index (χ3v) is 5.82. The van der Waals surface area contributed by atoms with E-state index < -0.39 is 0 Å². The first-order valence-electron chi connectivity index (χ1n) is 10.9. The average molecular weight is 381 g/mol. The molecule has 6 nitrogen and oxygen atoms in total. The van der Waals surface area contributed by atoms with Gasteiger partial charge in [-0.3, -0.25) is 9.79 Å². The molecule has 156 valence electrons. The maximum absolute atomic E-state index is 12.7. The van der Waals surface area contributed by atoms with E-state index in [0.29, 0.717) is 12.6 Å². The van der Waals surface area contributed by atoms with Gasteiger partial charge in [0.1, 0.15) is 0 Å². The minimum Gasteiger partial charge on any atom is -0.378 e. The predicted octanol–water partition coefficient (Wildman–Crippen LogP) is 2.93. The maximum Gasteiger partial charge on any atom is 0.230 e. The summed E-state index contributed by atoms with van der Waals surface area (Å²) >= 11 is 0. The van der Waals surface area contributed by atoms with Crippen molar-refractivity contribution in [3.8, 4) is 0 Å².